The minimum absolute atomic E-state index is 0.360. The highest BCUT2D eigenvalue weighted by Crippen LogP contribution is 2.06. The fraction of sp³-hybridized carbons (Fsp3) is 0.714. The Morgan fingerprint density at radius 1 is 1.40 bits per heavy atom. The van der Waals surface area contributed by atoms with Gasteiger partial charge in [0.05, 0.1) is 12.0 Å². The van der Waals surface area contributed by atoms with Crippen molar-refractivity contribution in [1.29, 1.82) is 0 Å². The van der Waals surface area contributed by atoms with Crippen molar-refractivity contribution in [3.8, 4) is 0 Å². The fourth-order valence-electron chi connectivity index (χ4n) is 1.71. The lowest BCUT2D eigenvalue weighted by atomic mass is 10.2. The summed E-state index contributed by atoms with van der Waals surface area (Å²) < 4.78 is 7.25. The number of nitrogens with zero attached hydrogens (tertiary/aromatic N) is 2. The lowest BCUT2D eigenvalue weighted by molar-refractivity contribution is 0.0527. The van der Waals surface area contributed by atoms with Gasteiger partial charge in [0.15, 0.2) is 0 Å². The Bertz CT molecular complexity index is 410. The first-order valence-corrected chi connectivity index (χ1v) is 7.09. The number of carbonyl (C=O) groups excluding carboxylic acids is 1. The molecule has 0 aromatic carbocycles. The van der Waals surface area contributed by atoms with Gasteiger partial charge in [0.25, 0.3) is 0 Å². The molecule has 0 atom stereocenters. The van der Waals surface area contributed by atoms with Crippen LogP contribution in [-0.2, 0) is 17.8 Å². The van der Waals surface area contributed by atoms with Gasteiger partial charge in [-0.2, -0.15) is 0 Å². The van der Waals surface area contributed by atoms with Crippen LogP contribution in [0.25, 0.3) is 0 Å². The number of carbonyl (C=O) groups is 1. The average molecular weight is 282 g/mol. The van der Waals surface area contributed by atoms with Crippen molar-refractivity contribution in [3.05, 3.63) is 18.2 Å². The highest BCUT2D eigenvalue weighted by atomic mass is 16.6. The number of hydrogen-bond donors (Lipinski definition) is 2. The van der Waals surface area contributed by atoms with Gasteiger partial charge >= 0.3 is 6.09 Å². The average Bonchev–Trinajstić information content (AvgIpc) is 2.78. The summed E-state index contributed by atoms with van der Waals surface area (Å²) in [7, 11) is 0. The van der Waals surface area contributed by atoms with E-state index in [4.69, 9.17) is 4.74 Å². The van der Waals surface area contributed by atoms with Crippen LogP contribution in [-0.4, -0.2) is 34.3 Å². The van der Waals surface area contributed by atoms with Crippen LogP contribution in [0.1, 0.15) is 39.8 Å². The second-order valence-electron chi connectivity index (χ2n) is 5.63. The topological polar surface area (TPSA) is 68.2 Å². The van der Waals surface area contributed by atoms with Crippen LogP contribution in [0.3, 0.4) is 0 Å². The van der Waals surface area contributed by atoms with E-state index in [2.05, 4.69) is 27.1 Å². The predicted molar refractivity (Wildman–Crippen MR) is 78.5 cm³/mol. The summed E-state index contributed by atoms with van der Waals surface area (Å²) in [6, 6.07) is 0. The number of amides is 1. The molecule has 1 aromatic rings. The molecule has 6 nitrogen and oxygen atoms in total. The summed E-state index contributed by atoms with van der Waals surface area (Å²) in [6.45, 7) is 10.8. The minimum Gasteiger partial charge on any atom is -0.444 e. The molecule has 0 aliphatic heterocycles. The molecule has 1 rings (SSSR count). The van der Waals surface area contributed by atoms with E-state index in [-0.39, 0.29) is 6.09 Å². The predicted octanol–water partition coefficient (Wildman–Crippen LogP) is 1.91. The van der Waals surface area contributed by atoms with Crippen LogP contribution in [0, 0.1) is 0 Å². The molecule has 0 saturated heterocycles. The second kappa shape index (κ2) is 7.89. The summed E-state index contributed by atoms with van der Waals surface area (Å²) in [6.07, 6.45) is 4.21. The first-order chi connectivity index (χ1) is 9.42. The Morgan fingerprint density at radius 2 is 2.15 bits per heavy atom. The zero-order valence-corrected chi connectivity index (χ0v) is 12.9. The molecule has 0 bridgehead atoms. The largest absolute Gasteiger partial charge is 0.444 e. The molecule has 1 aromatic heterocycles. The number of hydrogen-bond acceptors (Lipinski definition) is 4. The number of nitrogens with one attached hydrogen (secondary N) is 2. The fourth-order valence-corrected chi connectivity index (χ4v) is 1.71. The number of imidazole rings is 1. The number of aryl methyl sites for hydroxylation is 1. The third kappa shape index (κ3) is 6.56. The molecule has 0 spiro atoms. The zero-order valence-electron chi connectivity index (χ0n) is 12.9. The van der Waals surface area contributed by atoms with Gasteiger partial charge < -0.3 is 19.9 Å². The SMILES string of the molecule is CCn1cncc1CNCCCNC(=O)OC(C)(C)C. The van der Waals surface area contributed by atoms with Gasteiger partial charge in [-0.15, -0.1) is 0 Å². The van der Waals surface area contributed by atoms with Gasteiger partial charge in [0, 0.05) is 25.8 Å². The third-order valence-electron chi connectivity index (χ3n) is 2.64. The van der Waals surface area contributed by atoms with E-state index in [0.717, 1.165) is 26.1 Å². The van der Waals surface area contributed by atoms with Crippen LogP contribution in [0.2, 0.25) is 0 Å². The Morgan fingerprint density at radius 3 is 2.80 bits per heavy atom. The summed E-state index contributed by atoms with van der Waals surface area (Å²) >= 11 is 0. The van der Waals surface area contributed by atoms with E-state index in [1.54, 1.807) is 0 Å². The molecule has 20 heavy (non-hydrogen) atoms. The molecule has 2 N–H and O–H groups in total. The molecule has 0 aliphatic carbocycles. The van der Waals surface area contributed by atoms with Gasteiger partial charge in [0.2, 0.25) is 0 Å². The molecule has 0 radical (unpaired) electrons. The summed E-state index contributed by atoms with van der Waals surface area (Å²) in [5.41, 5.74) is 0.730. The summed E-state index contributed by atoms with van der Waals surface area (Å²) in [5.74, 6) is 0. The van der Waals surface area contributed by atoms with E-state index in [1.807, 2.05) is 33.3 Å². The lowest BCUT2D eigenvalue weighted by Gasteiger charge is -2.19. The number of rotatable bonds is 7. The molecule has 0 aliphatic rings. The first-order valence-electron chi connectivity index (χ1n) is 7.09. The molecule has 0 saturated carbocycles. The van der Waals surface area contributed by atoms with E-state index in [0.29, 0.717) is 6.54 Å². The number of aromatic nitrogens is 2. The van der Waals surface area contributed by atoms with Crippen molar-refractivity contribution in [2.75, 3.05) is 13.1 Å². The van der Waals surface area contributed by atoms with E-state index < -0.39 is 5.60 Å². The Kier molecular flexibility index (Phi) is 6.51. The molecule has 1 amide bonds. The van der Waals surface area contributed by atoms with Crippen molar-refractivity contribution in [2.45, 2.75) is 52.8 Å². The van der Waals surface area contributed by atoms with Crippen LogP contribution in [0.4, 0.5) is 4.79 Å². The van der Waals surface area contributed by atoms with Crippen molar-refractivity contribution in [3.63, 3.8) is 0 Å². The van der Waals surface area contributed by atoms with Gasteiger partial charge in [-0.05, 0) is 40.7 Å². The lowest BCUT2D eigenvalue weighted by Crippen LogP contribution is -2.33. The van der Waals surface area contributed by atoms with Crippen molar-refractivity contribution in [2.24, 2.45) is 0 Å². The second-order valence-corrected chi connectivity index (χ2v) is 5.63. The maximum Gasteiger partial charge on any atom is 0.407 e. The summed E-state index contributed by atoms with van der Waals surface area (Å²) in [4.78, 5) is 15.5. The van der Waals surface area contributed by atoms with Gasteiger partial charge in [-0.3, -0.25) is 0 Å². The summed E-state index contributed by atoms with van der Waals surface area (Å²) in [5, 5.41) is 6.07. The number of alkyl carbamates (subject to hydrolysis) is 1. The van der Waals surface area contributed by atoms with Gasteiger partial charge in [-0.25, -0.2) is 9.78 Å². The highest BCUT2D eigenvalue weighted by Gasteiger charge is 2.15. The normalized spacial score (nSPS) is 11.4. The zero-order chi connectivity index (χ0) is 15.0. The van der Waals surface area contributed by atoms with Crippen LogP contribution in [0.15, 0.2) is 12.5 Å². The molecule has 1 heterocycles. The Labute approximate surface area is 120 Å². The Balaban J connectivity index is 2.07. The quantitative estimate of drug-likeness (QED) is 0.750. The van der Waals surface area contributed by atoms with Gasteiger partial charge in [-0.1, -0.05) is 0 Å². The highest BCUT2D eigenvalue weighted by molar-refractivity contribution is 5.67. The van der Waals surface area contributed by atoms with E-state index in [9.17, 15) is 4.79 Å². The minimum atomic E-state index is -0.444. The van der Waals surface area contributed by atoms with Crippen molar-refractivity contribution in [1.82, 2.24) is 20.2 Å². The first kappa shape index (κ1) is 16.5. The van der Waals surface area contributed by atoms with E-state index >= 15 is 0 Å². The monoisotopic (exact) mass is 282 g/mol. The van der Waals surface area contributed by atoms with Crippen LogP contribution >= 0.6 is 0 Å². The van der Waals surface area contributed by atoms with Crippen molar-refractivity contribution < 1.29 is 9.53 Å². The van der Waals surface area contributed by atoms with Crippen LogP contribution < -0.4 is 10.6 Å². The smallest absolute Gasteiger partial charge is 0.407 e. The standard InChI is InChI=1S/C14H26N4O2/c1-5-18-11-16-10-12(18)9-15-7-6-8-17-13(19)20-14(2,3)4/h10-11,15H,5-9H2,1-4H3,(H,17,19). The molecule has 6 heteroatoms. The third-order valence-corrected chi connectivity index (χ3v) is 2.64. The molecule has 0 unspecified atom stereocenters. The van der Waals surface area contributed by atoms with Crippen LogP contribution in [0.5, 0.6) is 0 Å². The molecule has 0 fully saturated rings. The number of ether oxygens (including phenoxy) is 1. The molecule has 114 valence electrons. The van der Waals surface area contributed by atoms with Crippen molar-refractivity contribution >= 4 is 6.09 Å². The Hall–Kier alpha value is -1.56. The maximum atomic E-state index is 11.4. The molecular formula is C14H26N4O2. The van der Waals surface area contributed by atoms with Gasteiger partial charge in [0.1, 0.15) is 5.60 Å². The maximum absolute atomic E-state index is 11.4. The van der Waals surface area contributed by atoms with E-state index in [1.165, 1.54) is 5.69 Å². The molecular weight excluding hydrogens is 256 g/mol.